The van der Waals surface area contributed by atoms with Crippen LogP contribution in [0.2, 0.25) is 0 Å². The Bertz CT molecular complexity index is 420. The van der Waals surface area contributed by atoms with E-state index in [-0.39, 0.29) is 6.61 Å². The largest absolute Gasteiger partial charge is 0.466 e. The molecule has 0 saturated carbocycles. The molecule has 1 heterocycles. The highest BCUT2D eigenvalue weighted by atomic mass is 16.5. The molecule has 1 aliphatic heterocycles. The minimum Gasteiger partial charge on any atom is -0.466 e. The number of rotatable bonds is 6. The van der Waals surface area contributed by atoms with Crippen LogP contribution in [0.5, 0.6) is 0 Å². The monoisotopic (exact) mass is 270 g/mol. The molecule has 7 nitrogen and oxygen atoms in total. The first-order chi connectivity index (χ1) is 8.84. The minimum absolute atomic E-state index is 0.184. The van der Waals surface area contributed by atoms with E-state index in [1.54, 1.807) is 20.8 Å². The molecule has 0 aromatic rings. The van der Waals surface area contributed by atoms with Gasteiger partial charge in [-0.05, 0) is 20.3 Å². The smallest absolute Gasteiger partial charge is 0.325 e. The summed E-state index contributed by atoms with van der Waals surface area (Å²) in [6.07, 6.45) is -0.00607. The molecule has 0 bridgehead atoms. The van der Waals surface area contributed by atoms with Gasteiger partial charge in [-0.1, -0.05) is 6.92 Å². The number of urea groups is 1. The fourth-order valence-corrected chi connectivity index (χ4v) is 1.74. The van der Waals surface area contributed by atoms with Crippen molar-refractivity contribution >= 4 is 23.7 Å². The number of hydrogen-bond donors (Lipinski definition) is 1. The fourth-order valence-electron chi connectivity index (χ4n) is 1.74. The summed E-state index contributed by atoms with van der Waals surface area (Å²) in [5.41, 5.74) is -0.971. The molecular formula is C12H18N2O5. The number of nitrogens with zero attached hydrogens (tertiary/aromatic N) is 1. The Balaban J connectivity index is 2.63. The lowest BCUT2D eigenvalue weighted by Crippen LogP contribution is -2.43. The van der Waals surface area contributed by atoms with Gasteiger partial charge >= 0.3 is 12.0 Å². The number of esters is 1. The van der Waals surface area contributed by atoms with E-state index in [0.717, 1.165) is 4.90 Å². The first-order valence-corrected chi connectivity index (χ1v) is 6.15. The van der Waals surface area contributed by atoms with Crippen molar-refractivity contribution in [3.8, 4) is 0 Å². The van der Waals surface area contributed by atoms with Crippen molar-refractivity contribution in [1.29, 1.82) is 0 Å². The Morgan fingerprint density at radius 3 is 2.42 bits per heavy atom. The van der Waals surface area contributed by atoms with Crippen LogP contribution < -0.4 is 5.32 Å². The van der Waals surface area contributed by atoms with Crippen molar-refractivity contribution < 1.29 is 23.9 Å². The van der Waals surface area contributed by atoms with Gasteiger partial charge in [0.25, 0.3) is 5.91 Å². The summed E-state index contributed by atoms with van der Waals surface area (Å²) in [4.78, 5) is 47.2. The van der Waals surface area contributed by atoms with Crippen LogP contribution in [-0.2, 0) is 19.1 Å². The van der Waals surface area contributed by atoms with Gasteiger partial charge < -0.3 is 10.1 Å². The summed E-state index contributed by atoms with van der Waals surface area (Å²) in [5.74, 6) is -1.63. The molecule has 0 aromatic heterocycles. The molecule has 1 atom stereocenters. The summed E-state index contributed by atoms with van der Waals surface area (Å²) in [6.45, 7) is 4.78. The Hall–Kier alpha value is -1.92. The van der Waals surface area contributed by atoms with E-state index >= 15 is 0 Å². The molecule has 19 heavy (non-hydrogen) atoms. The third-order valence-electron chi connectivity index (χ3n) is 3.03. The maximum Gasteiger partial charge on any atom is 0.325 e. The molecular weight excluding hydrogens is 252 g/mol. The molecule has 1 unspecified atom stereocenters. The predicted molar refractivity (Wildman–Crippen MR) is 65.2 cm³/mol. The van der Waals surface area contributed by atoms with Gasteiger partial charge in [0.15, 0.2) is 5.78 Å². The van der Waals surface area contributed by atoms with E-state index in [1.807, 2.05) is 0 Å². The van der Waals surface area contributed by atoms with Crippen molar-refractivity contribution in [2.24, 2.45) is 0 Å². The molecule has 0 radical (unpaired) electrons. The average molecular weight is 270 g/mol. The maximum absolute atomic E-state index is 12.0. The summed E-state index contributed by atoms with van der Waals surface area (Å²) in [5, 5.41) is 2.53. The van der Waals surface area contributed by atoms with Gasteiger partial charge in [0.1, 0.15) is 12.0 Å². The topological polar surface area (TPSA) is 92.8 Å². The highest BCUT2D eigenvalue weighted by molar-refractivity contribution is 6.10. The summed E-state index contributed by atoms with van der Waals surface area (Å²) in [7, 11) is 0. The van der Waals surface area contributed by atoms with E-state index in [1.165, 1.54) is 0 Å². The molecule has 3 amide bonds. The molecule has 106 valence electrons. The normalized spacial score (nSPS) is 22.4. The Morgan fingerprint density at radius 2 is 1.95 bits per heavy atom. The molecule has 1 rings (SSSR count). The van der Waals surface area contributed by atoms with Crippen LogP contribution >= 0.6 is 0 Å². The molecule has 1 fully saturated rings. The van der Waals surface area contributed by atoms with Crippen molar-refractivity contribution in [3.63, 3.8) is 0 Å². The number of carbonyl (C=O) groups is 4. The van der Waals surface area contributed by atoms with Crippen molar-refractivity contribution in [1.82, 2.24) is 10.2 Å². The average Bonchev–Trinajstić information content (AvgIpc) is 2.54. The van der Waals surface area contributed by atoms with E-state index in [0.29, 0.717) is 6.42 Å². The van der Waals surface area contributed by atoms with Crippen LogP contribution in [0.4, 0.5) is 4.79 Å². The Morgan fingerprint density at radius 1 is 1.32 bits per heavy atom. The second kappa shape index (κ2) is 5.81. The Labute approximate surface area is 111 Å². The third kappa shape index (κ3) is 3.30. The molecule has 1 aliphatic rings. The lowest BCUT2D eigenvalue weighted by atomic mass is 9.99. The van der Waals surface area contributed by atoms with Crippen molar-refractivity contribution in [3.05, 3.63) is 0 Å². The second-order valence-corrected chi connectivity index (χ2v) is 4.53. The van der Waals surface area contributed by atoms with Gasteiger partial charge in [-0.2, -0.15) is 0 Å². The van der Waals surface area contributed by atoms with Crippen molar-refractivity contribution in [2.75, 3.05) is 13.2 Å². The Kier molecular flexibility index (Phi) is 4.63. The second-order valence-electron chi connectivity index (χ2n) is 4.53. The predicted octanol–water partition coefficient (Wildman–Crippen LogP) is 0.229. The number of hydrogen-bond acceptors (Lipinski definition) is 5. The molecule has 1 saturated heterocycles. The standard InChI is InChI=1S/C12H18N2O5/c1-4-12(3)10(17)14(11(18)13-12)7-8(15)6-9(16)19-5-2/h4-7H2,1-3H3,(H,13,18). The molecule has 0 aromatic carbocycles. The summed E-state index contributed by atoms with van der Waals surface area (Å²) in [6, 6.07) is -0.605. The number of imide groups is 1. The van der Waals surface area contributed by atoms with Gasteiger partial charge in [0.05, 0.1) is 13.2 Å². The lowest BCUT2D eigenvalue weighted by Gasteiger charge is -2.18. The first-order valence-electron chi connectivity index (χ1n) is 6.15. The van der Waals surface area contributed by atoms with Gasteiger partial charge in [-0.25, -0.2) is 4.79 Å². The van der Waals surface area contributed by atoms with Crippen LogP contribution in [0.15, 0.2) is 0 Å². The van der Waals surface area contributed by atoms with E-state index in [4.69, 9.17) is 0 Å². The number of carbonyl (C=O) groups excluding carboxylic acids is 4. The van der Waals surface area contributed by atoms with Crippen molar-refractivity contribution in [2.45, 2.75) is 39.2 Å². The summed E-state index contributed by atoms with van der Waals surface area (Å²) >= 11 is 0. The number of amides is 3. The van der Waals surface area contributed by atoms with Crippen LogP contribution in [-0.4, -0.2) is 47.3 Å². The number of ether oxygens (including phenoxy) is 1. The van der Waals surface area contributed by atoms with E-state index in [2.05, 4.69) is 10.1 Å². The molecule has 7 heteroatoms. The zero-order valence-electron chi connectivity index (χ0n) is 11.3. The van der Waals surface area contributed by atoms with Gasteiger partial charge in [-0.15, -0.1) is 0 Å². The third-order valence-corrected chi connectivity index (χ3v) is 3.03. The van der Waals surface area contributed by atoms with Gasteiger partial charge in [-0.3, -0.25) is 19.3 Å². The number of Topliss-reactive ketones (excluding diaryl/α,β-unsaturated/α-hetero) is 1. The van der Waals surface area contributed by atoms with Gasteiger partial charge in [0.2, 0.25) is 0 Å². The number of ketones is 1. The highest BCUT2D eigenvalue weighted by Crippen LogP contribution is 2.20. The SMILES string of the molecule is CCOC(=O)CC(=O)CN1C(=O)NC(C)(CC)C1=O. The fraction of sp³-hybridized carbons (Fsp3) is 0.667. The molecule has 0 spiro atoms. The zero-order chi connectivity index (χ0) is 14.6. The van der Waals surface area contributed by atoms with E-state index < -0.39 is 42.2 Å². The quantitative estimate of drug-likeness (QED) is 0.423. The molecule has 0 aliphatic carbocycles. The maximum atomic E-state index is 12.0. The van der Waals surface area contributed by atoms with Crippen LogP contribution in [0.3, 0.4) is 0 Å². The number of nitrogens with one attached hydrogen (secondary N) is 1. The van der Waals surface area contributed by atoms with Crippen LogP contribution in [0.1, 0.15) is 33.6 Å². The highest BCUT2D eigenvalue weighted by Gasteiger charge is 2.46. The molecule has 1 N–H and O–H groups in total. The van der Waals surface area contributed by atoms with E-state index in [9.17, 15) is 19.2 Å². The van der Waals surface area contributed by atoms with Gasteiger partial charge in [0, 0.05) is 0 Å². The lowest BCUT2D eigenvalue weighted by molar-refractivity contribution is -0.146. The first kappa shape index (κ1) is 15.1. The minimum atomic E-state index is -0.971. The zero-order valence-corrected chi connectivity index (χ0v) is 11.3. The van der Waals surface area contributed by atoms with Crippen LogP contribution in [0.25, 0.3) is 0 Å². The summed E-state index contributed by atoms with van der Waals surface area (Å²) < 4.78 is 4.63. The van der Waals surface area contributed by atoms with Crippen LogP contribution in [0, 0.1) is 0 Å².